The van der Waals surface area contributed by atoms with Gasteiger partial charge in [-0.25, -0.2) is 18.3 Å². The molecule has 0 radical (unpaired) electrons. The molecule has 7 nitrogen and oxygen atoms in total. The molecule has 0 aliphatic carbocycles. The molecule has 0 spiro atoms. The number of fused-ring (bicyclic) bond motifs is 1. The first-order valence-corrected chi connectivity index (χ1v) is 7.57. The van der Waals surface area contributed by atoms with Gasteiger partial charge < -0.3 is 10.6 Å². The monoisotopic (exact) mass is 376 g/mol. The number of hydrogen-bond donors (Lipinski definition) is 3. The highest BCUT2D eigenvalue weighted by Crippen LogP contribution is 2.19. The molecule has 0 fully saturated rings. The molecule has 0 saturated carbocycles. The average molecular weight is 376 g/mol. The molecular weight excluding hydrogens is 365 g/mol. The number of carbonyl (C=O) groups excluding carboxylic acids is 2. The van der Waals surface area contributed by atoms with Crippen molar-refractivity contribution in [1.82, 2.24) is 15.5 Å². The first kappa shape index (κ1) is 18.1. The van der Waals surface area contributed by atoms with Crippen LogP contribution in [0.5, 0.6) is 0 Å². The predicted octanol–water partition coefficient (Wildman–Crippen LogP) is 1.71. The predicted molar refractivity (Wildman–Crippen MR) is 89.6 cm³/mol. The van der Waals surface area contributed by atoms with Gasteiger partial charge >= 0.3 is 0 Å². The third kappa shape index (κ3) is 3.64. The minimum Gasteiger partial charge on any atom is -0.342 e. The van der Waals surface area contributed by atoms with Gasteiger partial charge in [-0.05, 0) is 18.2 Å². The lowest BCUT2D eigenvalue weighted by atomic mass is 10.1. The van der Waals surface area contributed by atoms with Crippen molar-refractivity contribution in [2.45, 2.75) is 0 Å². The highest BCUT2D eigenvalue weighted by atomic mass is 19.2. The third-order valence-corrected chi connectivity index (χ3v) is 3.63. The Hall–Kier alpha value is -3.69. The molecule has 0 aliphatic rings. The van der Waals surface area contributed by atoms with Crippen LogP contribution in [-0.2, 0) is 4.79 Å². The molecule has 0 atom stereocenters. The van der Waals surface area contributed by atoms with E-state index < -0.39 is 47.1 Å². The van der Waals surface area contributed by atoms with Gasteiger partial charge in [-0.2, -0.15) is 5.10 Å². The van der Waals surface area contributed by atoms with Gasteiger partial charge in [0.2, 0.25) is 5.91 Å². The number of amides is 2. The van der Waals surface area contributed by atoms with Gasteiger partial charge in [0.1, 0.15) is 0 Å². The largest absolute Gasteiger partial charge is 0.342 e. The van der Waals surface area contributed by atoms with Gasteiger partial charge in [0, 0.05) is 5.39 Å². The normalized spacial score (nSPS) is 10.6. The number of H-pyrrole nitrogens is 1. The van der Waals surface area contributed by atoms with Gasteiger partial charge in [0.25, 0.3) is 11.5 Å². The zero-order chi connectivity index (χ0) is 19.6. The second-order valence-corrected chi connectivity index (χ2v) is 5.40. The van der Waals surface area contributed by atoms with Crippen molar-refractivity contribution >= 4 is 28.3 Å². The molecule has 3 aromatic rings. The number of benzene rings is 2. The van der Waals surface area contributed by atoms with E-state index in [0.717, 1.165) is 6.07 Å². The lowest BCUT2D eigenvalue weighted by Crippen LogP contribution is -2.34. The van der Waals surface area contributed by atoms with Crippen LogP contribution in [0.4, 0.5) is 18.9 Å². The van der Waals surface area contributed by atoms with Gasteiger partial charge in [0.15, 0.2) is 23.1 Å². The van der Waals surface area contributed by atoms with Crippen LogP contribution in [0.15, 0.2) is 41.2 Å². The first-order valence-electron chi connectivity index (χ1n) is 7.57. The van der Waals surface area contributed by atoms with Crippen molar-refractivity contribution in [1.29, 1.82) is 0 Å². The maximum absolute atomic E-state index is 13.5. The summed E-state index contributed by atoms with van der Waals surface area (Å²) >= 11 is 0. The number of rotatable bonds is 4. The Morgan fingerprint density at radius 1 is 1.00 bits per heavy atom. The Bertz CT molecular complexity index is 1110. The molecule has 138 valence electrons. The van der Waals surface area contributed by atoms with Gasteiger partial charge in [-0.1, -0.05) is 18.2 Å². The standard InChI is InChI=1S/C17H11F3N4O3/c18-10-5-6-11(14(20)13(10)19)22-12(25)7-21-17(27)15-8-3-1-2-4-9(8)16(26)24-23-15/h1-6H,7H2,(H,21,27)(H,22,25)(H,24,26). The van der Waals surface area contributed by atoms with Crippen LogP contribution < -0.4 is 16.2 Å². The van der Waals surface area contributed by atoms with Crippen molar-refractivity contribution in [3.8, 4) is 0 Å². The Labute approximate surface area is 149 Å². The number of hydrogen-bond acceptors (Lipinski definition) is 4. The molecule has 3 N–H and O–H groups in total. The highest BCUT2D eigenvalue weighted by molar-refractivity contribution is 6.06. The Kier molecular flexibility index (Phi) is 4.88. The number of aromatic amines is 1. The van der Waals surface area contributed by atoms with Crippen LogP contribution >= 0.6 is 0 Å². The lowest BCUT2D eigenvalue weighted by molar-refractivity contribution is -0.115. The van der Waals surface area contributed by atoms with Crippen LogP contribution in [0.2, 0.25) is 0 Å². The molecule has 0 unspecified atom stereocenters. The number of anilines is 1. The highest BCUT2D eigenvalue weighted by Gasteiger charge is 2.17. The lowest BCUT2D eigenvalue weighted by Gasteiger charge is -2.09. The minimum atomic E-state index is -1.72. The van der Waals surface area contributed by atoms with Crippen LogP contribution in [0.1, 0.15) is 10.5 Å². The van der Waals surface area contributed by atoms with E-state index in [0.29, 0.717) is 6.07 Å². The van der Waals surface area contributed by atoms with E-state index in [1.54, 1.807) is 12.1 Å². The molecule has 0 bridgehead atoms. The Morgan fingerprint density at radius 2 is 1.70 bits per heavy atom. The summed E-state index contributed by atoms with van der Waals surface area (Å²) in [4.78, 5) is 35.8. The molecule has 0 saturated heterocycles. The quantitative estimate of drug-likeness (QED) is 0.603. The fourth-order valence-corrected chi connectivity index (χ4v) is 2.35. The molecule has 3 rings (SSSR count). The molecule has 27 heavy (non-hydrogen) atoms. The third-order valence-electron chi connectivity index (χ3n) is 3.63. The number of aromatic nitrogens is 2. The minimum absolute atomic E-state index is 0.114. The van der Waals surface area contributed by atoms with E-state index in [4.69, 9.17) is 0 Å². The van der Waals surface area contributed by atoms with E-state index in [1.165, 1.54) is 12.1 Å². The van der Waals surface area contributed by atoms with Crippen LogP contribution in [0.3, 0.4) is 0 Å². The van der Waals surface area contributed by atoms with Crippen molar-refractivity contribution < 1.29 is 22.8 Å². The van der Waals surface area contributed by atoms with Crippen molar-refractivity contribution in [2.24, 2.45) is 0 Å². The van der Waals surface area contributed by atoms with Crippen LogP contribution in [-0.4, -0.2) is 28.6 Å². The first-order chi connectivity index (χ1) is 12.9. The number of halogens is 3. The number of nitrogens with one attached hydrogen (secondary N) is 3. The molecule has 2 aromatic carbocycles. The Morgan fingerprint density at radius 3 is 2.44 bits per heavy atom. The fraction of sp³-hybridized carbons (Fsp3) is 0.0588. The molecular formula is C17H11F3N4O3. The summed E-state index contributed by atoms with van der Waals surface area (Å²) in [5, 5.41) is 10.6. The van der Waals surface area contributed by atoms with Crippen molar-refractivity contribution in [2.75, 3.05) is 11.9 Å². The second kappa shape index (κ2) is 7.28. The molecule has 0 aliphatic heterocycles. The van der Waals surface area contributed by atoms with Crippen LogP contribution in [0, 0.1) is 17.5 Å². The maximum atomic E-state index is 13.5. The maximum Gasteiger partial charge on any atom is 0.272 e. The summed E-state index contributed by atoms with van der Waals surface area (Å²) in [6, 6.07) is 7.75. The summed E-state index contributed by atoms with van der Waals surface area (Å²) in [7, 11) is 0. The number of nitrogens with zero attached hydrogens (tertiary/aromatic N) is 1. The smallest absolute Gasteiger partial charge is 0.272 e. The van der Waals surface area contributed by atoms with Gasteiger partial charge in [-0.3, -0.25) is 14.4 Å². The van der Waals surface area contributed by atoms with Gasteiger partial charge in [-0.15, -0.1) is 0 Å². The number of carbonyl (C=O) groups is 2. The zero-order valence-corrected chi connectivity index (χ0v) is 13.5. The summed E-state index contributed by atoms with van der Waals surface area (Å²) in [6.07, 6.45) is 0. The zero-order valence-electron chi connectivity index (χ0n) is 13.5. The van der Waals surface area contributed by atoms with E-state index in [1.807, 2.05) is 5.32 Å². The summed E-state index contributed by atoms with van der Waals surface area (Å²) in [6.45, 7) is -0.591. The summed E-state index contributed by atoms with van der Waals surface area (Å²) < 4.78 is 39.6. The van der Waals surface area contributed by atoms with Gasteiger partial charge in [0.05, 0.1) is 17.6 Å². The van der Waals surface area contributed by atoms with E-state index in [-0.39, 0.29) is 16.5 Å². The van der Waals surface area contributed by atoms with Crippen molar-refractivity contribution in [3.05, 3.63) is 69.9 Å². The second-order valence-electron chi connectivity index (χ2n) is 5.40. The SMILES string of the molecule is O=C(CNC(=O)c1n[nH]c(=O)c2ccccc12)Nc1ccc(F)c(F)c1F. The molecule has 2 amide bonds. The van der Waals surface area contributed by atoms with E-state index in [2.05, 4.69) is 15.5 Å². The molecule has 1 heterocycles. The summed E-state index contributed by atoms with van der Waals surface area (Å²) in [5.74, 6) is -6.30. The average Bonchev–Trinajstić information content (AvgIpc) is 2.67. The Balaban J connectivity index is 1.71. The van der Waals surface area contributed by atoms with Crippen molar-refractivity contribution in [3.63, 3.8) is 0 Å². The van der Waals surface area contributed by atoms with Crippen LogP contribution in [0.25, 0.3) is 10.8 Å². The topological polar surface area (TPSA) is 104 Å². The molecule has 1 aromatic heterocycles. The molecule has 10 heteroatoms. The fourth-order valence-electron chi connectivity index (χ4n) is 2.35. The van der Waals surface area contributed by atoms with E-state index >= 15 is 0 Å². The van der Waals surface area contributed by atoms with E-state index in [9.17, 15) is 27.6 Å². The summed E-state index contributed by atoms with van der Waals surface area (Å²) in [5.41, 5.74) is -1.16.